The van der Waals surface area contributed by atoms with E-state index in [2.05, 4.69) is 9.97 Å². The van der Waals surface area contributed by atoms with Crippen LogP contribution in [0, 0.1) is 5.92 Å². The Labute approximate surface area is 225 Å². The standard InChI is InChI=1S/C25H26ClF3N2O6S/c1-35-17-10-18(36-2)15(26)9-13(17)7-8-24(14-5-3-4-6-14)12-16(32)21(22(34)37-24)38-23-30-19(25(27,28)29)11-20(33)31-23/h9-11,14,21H,3-8,12H2,1-2H3,(H,30,31,33). The van der Waals surface area contributed by atoms with Gasteiger partial charge in [-0.2, -0.15) is 13.2 Å². The number of ketones is 1. The molecule has 2 fully saturated rings. The van der Waals surface area contributed by atoms with Crippen LogP contribution in [0.4, 0.5) is 13.2 Å². The molecule has 1 saturated carbocycles. The van der Waals surface area contributed by atoms with Crippen LogP contribution in [0.2, 0.25) is 5.02 Å². The van der Waals surface area contributed by atoms with Crippen LogP contribution >= 0.6 is 23.4 Å². The van der Waals surface area contributed by atoms with E-state index in [0.29, 0.717) is 47.2 Å². The van der Waals surface area contributed by atoms with Crippen LogP contribution < -0.4 is 15.0 Å². The smallest absolute Gasteiger partial charge is 0.433 e. The Morgan fingerprint density at radius 2 is 1.82 bits per heavy atom. The summed E-state index contributed by atoms with van der Waals surface area (Å²) in [5.41, 5.74) is -2.78. The lowest BCUT2D eigenvalue weighted by Gasteiger charge is -2.42. The van der Waals surface area contributed by atoms with E-state index in [1.807, 2.05) is 0 Å². The number of nitrogens with zero attached hydrogens (tertiary/aromatic N) is 1. The summed E-state index contributed by atoms with van der Waals surface area (Å²) in [7, 11) is 3.00. The lowest BCUT2D eigenvalue weighted by atomic mass is 9.76. The molecule has 206 valence electrons. The number of carbonyl (C=O) groups excluding carboxylic acids is 2. The Kier molecular flexibility index (Phi) is 8.32. The minimum Gasteiger partial charge on any atom is -0.496 e. The van der Waals surface area contributed by atoms with Gasteiger partial charge in [-0.3, -0.25) is 14.4 Å². The molecule has 2 heterocycles. The predicted octanol–water partition coefficient (Wildman–Crippen LogP) is 5.00. The number of benzene rings is 1. The second-order valence-corrected chi connectivity index (χ2v) is 10.8. The molecule has 1 saturated heterocycles. The van der Waals surface area contributed by atoms with Crippen molar-refractivity contribution < 1.29 is 37.0 Å². The minimum atomic E-state index is -4.86. The summed E-state index contributed by atoms with van der Waals surface area (Å²) >= 11 is 6.76. The molecule has 2 unspecified atom stereocenters. The SMILES string of the molecule is COc1cc(OC)c(CCC2(C3CCCC3)CC(=O)C(Sc3nc(C(F)(F)F)cc(=O)[nH]3)C(=O)O2)cc1Cl. The first-order valence-corrected chi connectivity index (χ1v) is 13.2. The Hall–Kier alpha value is -2.73. The molecule has 0 bridgehead atoms. The molecule has 0 radical (unpaired) electrons. The number of H-pyrrole nitrogens is 1. The summed E-state index contributed by atoms with van der Waals surface area (Å²) in [6.45, 7) is 0. The highest BCUT2D eigenvalue weighted by Gasteiger charge is 2.52. The molecular formula is C25H26ClF3N2O6S. The Morgan fingerprint density at radius 1 is 1.13 bits per heavy atom. The van der Waals surface area contributed by atoms with E-state index < -0.39 is 45.2 Å². The van der Waals surface area contributed by atoms with E-state index in [4.69, 9.17) is 25.8 Å². The van der Waals surface area contributed by atoms with E-state index in [9.17, 15) is 27.6 Å². The van der Waals surface area contributed by atoms with Crippen molar-refractivity contribution in [3.05, 3.63) is 44.8 Å². The number of ether oxygens (including phenoxy) is 3. The first-order chi connectivity index (χ1) is 18.0. The largest absolute Gasteiger partial charge is 0.496 e. The van der Waals surface area contributed by atoms with E-state index in [1.165, 1.54) is 14.2 Å². The number of carbonyl (C=O) groups is 2. The van der Waals surface area contributed by atoms with Crippen LogP contribution in [0.5, 0.6) is 11.5 Å². The second-order valence-electron chi connectivity index (χ2n) is 9.34. The molecule has 0 spiro atoms. The Morgan fingerprint density at radius 3 is 2.42 bits per heavy atom. The maximum absolute atomic E-state index is 13.3. The lowest BCUT2D eigenvalue weighted by Crippen LogP contribution is -2.53. The van der Waals surface area contributed by atoms with Crippen molar-refractivity contribution in [2.24, 2.45) is 5.92 Å². The molecule has 2 aliphatic rings. The molecule has 38 heavy (non-hydrogen) atoms. The van der Waals surface area contributed by atoms with Crippen LogP contribution in [0.3, 0.4) is 0 Å². The van der Waals surface area contributed by atoms with Gasteiger partial charge in [-0.1, -0.05) is 36.2 Å². The number of alkyl halides is 3. The molecule has 1 aromatic heterocycles. The molecule has 13 heteroatoms. The number of rotatable bonds is 8. The number of aromatic amines is 1. The third-order valence-corrected chi connectivity index (χ3v) is 8.40. The maximum atomic E-state index is 13.3. The molecule has 1 N–H and O–H groups in total. The first kappa shape index (κ1) is 28.3. The van der Waals surface area contributed by atoms with Crippen LogP contribution in [0.15, 0.2) is 28.2 Å². The van der Waals surface area contributed by atoms with Crippen molar-refractivity contribution in [3.63, 3.8) is 0 Å². The highest BCUT2D eigenvalue weighted by Crippen LogP contribution is 2.46. The van der Waals surface area contributed by atoms with E-state index >= 15 is 0 Å². The molecule has 1 aromatic carbocycles. The zero-order valence-electron chi connectivity index (χ0n) is 20.7. The summed E-state index contributed by atoms with van der Waals surface area (Å²) in [6.07, 6.45) is -0.815. The number of cyclic esters (lactones) is 1. The number of halogens is 4. The molecular weight excluding hydrogens is 549 g/mol. The number of nitrogens with one attached hydrogen (secondary N) is 1. The van der Waals surface area contributed by atoms with Crippen LogP contribution in [0.25, 0.3) is 0 Å². The fraction of sp³-hybridized carbons (Fsp3) is 0.520. The van der Waals surface area contributed by atoms with Gasteiger partial charge in [-0.15, -0.1) is 0 Å². The summed E-state index contributed by atoms with van der Waals surface area (Å²) in [6, 6.07) is 3.69. The van der Waals surface area contributed by atoms with Gasteiger partial charge in [0.2, 0.25) is 0 Å². The molecule has 1 aliphatic heterocycles. The first-order valence-electron chi connectivity index (χ1n) is 12.0. The predicted molar refractivity (Wildman–Crippen MR) is 133 cm³/mol. The van der Waals surface area contributed by atoms with Crippen molar-refractivity contribution in [1.82, 2.24) is 9.97 Å². The monoisotopic (exact) mass is 574 g/mol. The molecule has 2 atom stereocenters. The van der Waals surface area contributed by atoms with Crippen molar-refractivity contribution in [2.45, 2.75) is 67.1 Å². The molecule has 4 rings (SSSR count). The average Bonchev–Trinajstić information content (AvgIpc) is 3.40. The number of esters is 1. The van der Waals surface area contributed by atoms with Crippen LogP contribution in [-0.2, 0) is 26.9 Å². The number of hydrogen-bond acceptors (Lipinski definition) is 8. The summed E-state index contributed by atoms with van der Waals surface area (Å²) in [4.78, 5) is 43.7. The maximum Gasteiger partial charge on any atom is 0.433 e. The van der Waals surface area contributed by atoms with Gasteiger partial charge < -0.3 is 19.2 Å². The number of methoxy groups -OCH3 is 2. The van der Waals surface area contributed by atoms with Gasteiger partial charge in [0, 0.05) is 18.6 Å². The average molecular weight is 575 g/mol. The third-order valence-electron chi connectivity index (χ3n) is 7.00. The zero-order valence-corrected chi connectivity index (χ0v) is 22.2. The normalized spacial score (nSPS) is 22.4. The van der Waals surface area contributed by atoms with Gasteiger partial charge in [0.1, 0.15) is 17.1 Å². The van der Waals surface area contributed by atoms with Crippen molar-refractivity contribution in [3.8, 4) is 11.5 Å². The number of hydrogen-bond donors (Lipinski definition) is 1. The summed E-state index contributed by atoms with van der Waals surface area (Å²) in [5.74, 6) is -0.420. The van der Waals surface area contributed by atoms with E-state index in [0.717, 1.165) is 31.2 Å². The van der Waals surface area contributed by atoms with Gasteiger partial charge in [-0.25, -0.2) is 4.98 Å². The van der Waals surface area contributed by atoms with Gasteiger partial charge >= 0.3 is 12.1 Å². The van der Waals surface area contributed by atoms with E-state index in [1.54, 1.807) is 12.1 Å². The van der Waals surface area contributed by atoms with Gasteiger partial charge in [0.15, 0.2) is 21.9 Å². The molecule has 2 aromatic rings. The van der Waals surface area contributed by atoms with E-state index in [-0.39, 0.29) is 12.3 Å². The van der Waals surface area contributed by atoms with Gasteiger partial charge in [0.25, 0.3) is 5.56 Å². The van der Waals surface area contributed by atoms with Crippen molar-refractivity contribution in [1.29, 1.82) is 0 Å². The number of aryl methyl sites for hydroxylation is 1. The minimum absolute atomic E-state index is 0.0486. The number of thioether (sulfide) groups is 1. The van der Waals surface area contributed by atoms with Crippen LogP contribution in [0.1, 0.15) is 49.8 Å². The Bertz CT molecular complexity index is 1260. The van der Waals surface area contributed by atoms with Crippen molar-refractivity contribution >= 4 is 35.1 Å². The zero-order chi connectivity index (χ0) is 27.7. The van der Waals surface area contributed by atoms with Crippen LogP contribution in [-0.4, -0.2) is 46.8 Å². The fourth-order valence-electron chi connectivity index (χ4n) is 5.16. The number of aromatic nitrogens is 2. The quantitative estimate of drug-likeness (QED) is 0.267. The lowest BCUT2D eigenvalue weighted by molar-refractivity contribution is -0.177. The molecule has 1 aliphatic carbocycles. The van der Waals surface area contributed by atoms with Gasteiger partial charge in [-0.05, 0) is 43.2 Å². The second kappa shape index (κ2) is 11.2. The van der Waals surface area contributed by atoms with Gasteiger partial charge in [0.05, 0.1) is 19.2 Å². The summed E-state index contributed by atoms with van der Waals surface area (Å²) < 4.78 is 56.0. The third kappa shape index (κ3) is 5.96. The molecule has 0 amide bonds. The Balaban J connectivity index is 1.58. The fourth-order valence-corrected chi connectivity index (χ4v) is 6.31. The molecule has 8 nitrogen and oxygen atoms in total. The highest BCUT2D eigenvalue weighted by atomic mass is 35.5. The summed E-state index contributed by atoms with van der Waals surface area (Å²) in [5, 5.41) is -1.54. The topological polar surface area (TPSA) is 108 Å². The van der Waals surface area contributed by atoms with Crippen molar-refractivity contribution in [2.75, 3.05) is 14.2 Å². The highest BCUT2D eigenvalue weighted by molar-refractivity contribution is 8.01. The number of Topliss-reactive ketones (excluding diaryl/α,β-unsaturated/α-hetero) is 1.